The van der Waals surface area contributed by atoms with Gasteiger partial charge in [0.15, 0.2) is 8.32 Å². The van der Waals surface area contributed by atoms with Gasteiger partial charge in [0, 0.05) is 13.0 Å². The zero-order chi connectivity index (χ0) is 12.1. The fourth-order valence-corrected chi connectivity index (χ4v) is 2.19. The minimum absolute atomic E-state index is 0.257. The molecule has 0 aromatic heterocycles. The van der Waals surface area contributed by atoms with E-state index in [2.05, 4.69) is 56.5 Å². The largest absolute Gasteiger partial charge is 0.416 e. The monoisotopic (exact) mass is 340 g/mol. The normalized spacial score (nSPS) is 14.1. The van der Waals surface area contributed by atoms with Crippen molar-refractivity contribution in [3.8, 4) is 0 Å². The molecule has 0 aliphatic carbocycles. The second-order valence-corrected chi connectivity index (χ2v) is 11.3. The lowest BCUT2D eigenvalue weighted by molar-refractivity contribution is -0.104. The van der Waals surface area contributed by atoms with Gasteiger partial charge in [0.05, 0.1) is 0 Å². The first-order valence-electron chi connectivity index (χ1n) is 5.14. The summed E-state index contributed by atoms with van der Waals surface area (Å²) in [7, 11) is -1.61. The van der Waals surface area contributed by atoms with Crippen LogP contribution < -0.4 is 0 Å². The topological polar surface area (TPSA) is 26.3 Å². The molecule has 88 valence electrons. The third-order valence-electron chi connectivity index (χ3n) is 2.86. The average molecular weight is 340 g/mol. The van der Waals surface area contributed by atoms with E-state index in [-0.39, 0.29) is 5.04 Å². The Labute approximate surface area is 108 Å². The molecule has 15 heavy (non-hydrogen) atoms. The van der Waals surface area contributed by atoms with Crippen LogP contribution in [-0.2, 0) is 9.22 Å². The van der Waals surface area contributed by atoms with Gasteiger partial charge in [-0.2, -0.15) is 0 Å². The highest BCUT2D eigenvalue weighted by molar-refractivity contribution is 14.1. The fourth-order valence-electron chi connectivity index (χ4n) is 0.777. The molecule has 2 nitrogen and oxygen atoms in total. The number of carbonyl (C=O) groups excluding carboxylic acids is 1. The second kappa shape index (κ2) is 6.15. The van der Waals surface area contributed by atoms with E-state index in [9.17, 15) is 4.79 Å². The van der Waals surface area contributed by atoms with Gasteiger partial charge in [-0.3, -0.25) is 4.79 Å². The molecule has 0 saturated heterocycles. The smallest absolute Gasteiger partial charge is 0.191 e. The van der Waals surface area contributed by atoms with Crippen LogP contribution in [0.25, 0.3) is 0 Å². The summed E-state index contributed by atoms with van der Waals surface area (Å²) in [6, 6.07) is 0. The van der Waals surface area contributed by atoms with E-state index < -0.39 is 8.32 Å². The summed E-state index contributed by atoms with van der Waals surface area (Å²) in [6.45, 7) is 11.9. The van der Waals surface area contributed by atoms with Crippen LogP contribution in [0.4, 0.5) is 0 Å². The van der Waals surface area contributed by atoms with Crippen LogP contribution in [0.3, 0.4) is 0 Å². The molecule has 0 N–H and O–H groups in total. The van der Waals surface area contributed by atoms with Crippen LogP contribution in [0, 0.1) is 0 Å². The molecular weight excluding hydrogens is 319 g/mol. The van der Waals surface area contributed by atoms with Crippen LogP contribution in [0.2, 0.25) is 18.1 Å². The summed E-state index contributed by atoms with van der Waals surface area (Å²) in [4.78, 5) is 10.2. The molecule has 0 aliphatic heterocycles. The Bertz CT molecular complexity index is 241. The molecule has 0 aromatic carbocycles. The maximum atomic E-state index is 10.2. The van der Waals surface area contributed by atoms with E-state index in [4.69, 9.17) is 4.43 Å². The highest BCUT2D eigenvalue weighted by atomic mass is 127. The standard InChI is InChI=1S/C11H21IO2Si/c1-11(2,3)15(4,5)14-9-7-10(12)6-8-13/h6,8H,7,9H2,1-5H3/b10-6-. The highest BCUT2D eigenvalue weighted by Gasteiger charge is 2.36. The van der Waals surface area contributed by atoms with E-state index in [0.29, 0.717) is 0 Å². The summed E-state index contributed by atoms with van der Waals surface area (Å²) >= 11 is 2.18. The van der Waals surface area contributed by atoms with Gasteiger partial charge in [-0.25, -0.2) is 0 Å². The van der Waals surface area contributed by atoms with Gasteiger partial charge in [-0.05, 0) is 50.4 Å². The number of hydrogen-bond acceptors (Lipinski definition) is 2. The molecule has 0 amide bonds. The molecule has 4 heteroatoms. The zero-order valence-corrected chi connectivity index (χ0v) is 13.4. The Morgan fingerprint density at radius 3 is 2.33 bits per heavy atom. The van der Waals surface area contributed by atoms with Gasteiger partial charge >= 0.3 is 0 Å². The van der Waals surface area contributed by atoms with Crippen molar-refractivity contribution in [1.29, 1.82) is 0 Å². The zero-order valence-electron chi connectivity index (χ0n) is 10.3. The maximum Gasteiger partial charge on any atom is 0.191 e. The van der Waals surface area contributed by atoms with Crippen molar-refractivity contribution in [2.45, 2.75) is 45.3 Å². The predicted octanol–water partition coefficient (Wildman–Crippen LogP) is 3.92. The van der Waals surface area contributed by atoms with E-state index >= 15 is 0 Å². The number of allylic oxidation sites excluding steroid dienone is 1. The van der Waals surface area contributed by atoms with Crippen molar-refractivity contribution >= 4 is 37.2 Å². The Hall–Kier alpha value is 0.317. The predicted molar refractivity (Wildman–Crippen MR) is 75.9 cm³/mol. The lowest BCUT2D eigenvalue weighted by Crippen LogP contribution is -2.40. The highest BCUT2D eigenvalue weighted by Crippen LogP contribution is 2.36. The van der Waals surface area contributed by atoms with Gasteiger partial charge in [-0.15, -0.1) is 0 Å². The first kappa shape index (κ1) is 15.3. The SMILES string of the molecule is CC(C)(C)[Si](C)(C)OCC/C(I)=C/C=O. The molecule has 0 saturated carbocycles. The third-order valence-corrected chi connectivity index (χ3v) is 8.30. The van der Waals surface area contributed by atoms with Gasteiger partial charge in [0.1, 0.15) is 6.29 Å². The van der Waals surface area contributed by atoms with E-state index in [0.717, 1.165) is 22.9 Å². The maximum absolute atomic E-state index is 10.2. The number of aldehydes is 1. The fraction of sp³-hybridized carbons (Fsp3) is 0.727. The van der Waals surface area contributed by atoms with Crippen molar-refractivity contribution in [2.75, 3.05) is 6.61 Å². The van der Waals surface area contributed by atoms with Crippen molar-refractivity contribution < 1.29 is 9.22 Å². The van der Waals surface area contributed by atoms with Crippen molar-refractivity contribution in [3.05, 3.63) is 9.66 Å². The van der Waals surface area contributed by atoms with Crippen molar-refractivity contribution in [1.82, 2.24) is 0 Å². The quantitative estimate of drug-likeness (QED) is 0.328. The molecular formula is C11H21IO2Si. The number of rotatable bonds is 5. The minimum atomic E-state index is -1.61. The van der Waals surface area contributed by atoms with Gasteiger partial charge < -0.3 is 4.43 Å². The molecule has 0 aliphatic rings. The van der Waals surface area contributed by atoms with Gasteiger partial charge in [-0.1, -0.05) is 20.8 Å². The average Bonchev–Trinajstić information content (AvgIpc) is 2.01. The molecule has 0 heterocycles. The van der Waals surface area contributed by atoms with Gasteiger partial charge in [0.2, 0.25) is 0 Å². The van der Waals surface area contributed by atoms with Crippen molar-refractivity contribution in [3.63, 3.8) is 0 Å². The Morgan fingerprint density at radius 1 is 1.40 bits per heavy atom. The number of carbonyl (C=O) groups is 1. The summed E-state index contributed by atoms with van der Waals surface area (Å²) in [5.74, 6) is 0. The van der Waals surface area contributed by atoms with Crippen LogP contribution in [0.15, 0.2) is 9.66 Å². The van der Waals surface area contributed by atoms with E-state index in [1.54, 1.807) is 6.08 Å². The first-order chi connectivity index (χ1) is 6.70. The van der Waals surface area contributed by atoms with Crippen LogP contribution in [-0.4, -0.2) is 21.2 Å². The third kappa shape index (κ3) is 5.82. The molecule has 0 atom stereocenters. The summed E-state index contributed by atoms with van der Waals surface area (Å²) in [5.41, 5.74) is 0. The molecule has 0 fully saturated rings. The summed E-state index contributed by atoms with van der Waals surface area (Å²) < 4.78 is 7.04. The molecule has 0 bridgehead atoms. The summed E-state index contributed by atoms with van der Waals surface area (Å²) in [5, 5.41) is 0.257. The van der Waals surface area contributed by atoms with Crippen LogP contribution in [0.5, 0.6) is 0 Å². The lowest BCUT2D eigenvalue weighted by atomic mass is 10.2. The Kier molecular flexibility index (Phi) is 6.28. The second-order valence-electron chi connectivity index (χ2n) is 5.11. The van der Waals surface area contributed by atoms with Crippen molar-refractivity contribution in [2.24, 2.45) is 0 Å². The van der Waals surface area contributed by atoms with Gasteiger partial charge in [0.25, 0.3) is 0 Å². The first-order valence-corrected chi connectivity index (χ1v) is 9.13. The Balaban J connectivity index is 4.07. The van der Waals surface area contributed by atoms with Crippen LogP contribution in [0.1, 0.15) is 27.2 Å². The van der Waals surface area contributed by atoms with Crippen LogP contribution >= 0.6 is 22.6 Å². The number of halogens is 1. The van der Waals surface area contributed by atoms with E-state index in [1.165, 1.54) is 0 Å². The Morgan fingerprint density at radius 2 is 1.93 bits per heavy atom. The summed E-state index contributed by atoms with van der Waals surface area (Å²) in [6.07, 6.45) is 3.26. The van der Waals surface area contributed by atoms with E-state index in [1.807, 2.05) is 0 Å². The minimum Gasteiger partial charge on any atom is -0.416 e. The molecule has 0 aromatic rings. The molecule has 0 radical (unpaired) electrons. The number of hydrogen-bond donors (Lipinski definition) is 0. The molecule has 0 rings (SSSR count). The lowest BCUT2D eigenvalue weighted by Gasteiger charge is -2.36. The molecule has 0 spiro atoms. The molecule has 0 unspecified atom stereocenters.